The molecule has 0 saturated carbocycles. The van der Waals surface area contributed by atoms with Crippen LogP contribution in [0.25, 0.3) is 0 Å². The Kier molecular flexibility index (Phi) is 21.3. The van der Waals surface area contributed by atoms with Crippen molar-refractivity contribution in [2.75, 3.05) is 31.8 Å². The van der Waals surface area contributed by atoms with Crippen molar-refractivity contribution < 1.29 is 28.6 Å². The summed E-state index contributed by atoms with van der Waals surface area (Å²) in [6.45, 7) is 3.83. The standard InChI is InChI=1S/C31H53N3O6/c1-4-5-6-7-8-9-10-11-12-13-14-15-16-17-18-19-23-33-30(36)39-25-29(38-3)26-40-31(37)34(27(2)35)28-21-20-22-32-24-28/h20-22,24,29H,4-19,23,25-26H2,1-3H3,(H,33,36). The maximum atomic E-state index is 12.4. The topological polar surface area (TPSA) is 107 Å². The van der Waals surface area contributed by atoms with Gasteiger partial charge >= 0.3 is 12.2 Å². The van der Waals surface area contributed by atoms with Crippen molar-refractivity contribution in [3.8, 4) is 0 Å². The van der Waals surface area contributed by atoms with Crippen LogP contribution >= 0.6 is 0 Å². The molecule has 1 atom stereocenters. The second-order valence-electron chi connectivity index (χ2n) is 10.3. The summed E-state index contributed by atoms with van der Waals surface area (Å²) in [6.07, 6.45) is 21.8. The first-order chi connectivity index (χ1) is 19.5. The van der Waals surface area contributed by atoms with Crippen LogP contribution in [0.15, 0.2) is 24.5 Å². The Hall–Kier alpha value is -2.68. The Morgan fingerprint density at radius 2 is 1.35 bits per heavy atom. The van der Waals surface area contributed by atoms with Gasteiger partial charge in [0, 0.05) is 26.8 Å². The number of methoxy groups -OCH3 is 1. The van der Waals surface area contributed by atoms with Gasteiger partial charge in [-0.1, -0.05) is 103 Å². The lowest BCUT2D eigenvalue weighted by Crippen LogP contribution is -2.38. The molecule has 0 saturated heterocycles. The lowest BCUT2D eigenvalue weighted by Gasteiger charge is -2.20. The predicted octanol–water partition coefficient (Wildman–Crippen LogP) is 7.57. The number of alkyl carbamates (subject to hydrolysis) is 1. The largest absolute Gasteiger partial charge is 0.447 e. The van der Waals surface area contributed by atoms with E-state index in [1.54, 1.807) is 12.1 Å². The Morgan fingerprint density at radius 3 is 1.82 bits per heavy atom. The molecule has 0 aliphatic carbocycles. The van der Waals surface area contributed by atoms with Gasteiger partial charge in [-0.15, -0.1) is 0 Å². The first-order valence-corrected chi connectivity index (χ1v) is 15.3. The average molecular weight is 564 g/mol. The van der Waals surface area contributed by atoms with Gasteiger partial charge in [-0.3, -0.25) is 9.78 Å². The van der Waals surface area contributed by atoms with E-state index in [9.17, 15) is 14.4 Å². The number of rotatable bonds is 23. The number of nitrogens with one attached hydrogen (secondary N) is 1. The highest BCUT2D eigenvalue weighted by Crippen LogP contribution is 2.15. The van der Waals surface area contributed by atoms with Crippen LogP contribution in [0.4, 0.5) is 15.3 Å². The van der Waals surface area contributed by atoms with Crippen molar-refractivity contribution in [3.63, 3.8) is 0 Å². The molecule has 1 aromatic rings. The van der Waals surface area contributed by atoms with Crippen LogP contribution in [0.3, 0.4) is 0 Å². The number of nitrogens with zero attached hydrogens (tertiary/aromatic N) is 2. The number of imide groups is 1. The summed E-state index contributed by atoms with van der Waals surface area (Å²) >= 11 is 0. The lowest BCUT2D eigenvalue weighted by molar-refractivity contribution is -0.116. The number of aromatic nitrogens is 1. The van der Waals surface area contributed by atoms with Gasteiger partial charge in [0.05, 0.1) is 11.9 Å². The summed E-state index contributed by atoms with van der Waals surface area (Å²) in [7, 11) is 1.43. The molecule has 40 heavy (non-hydrogen) atoms. The molecule has 1 unspecified atom stereocenters. The predicted molar refractivity (Wildman–Crippen MR) is 158 cm³/mol. The number of carbonyl (C=O) groups excluding carboxylic acids is 3. The van der Waals surface area contributed by atoms with Crippen LogP contribution in [-0.4, -0.2) is 56.0 Å². The molecule has 0 aromatic carbocycles. The molecule has 1 N–H and O–H groups in total. The van der Waals surface area contributed by atoms with Gasteiger partial charge < -0.3 is 19.5 Å². The normalized spacial score (nSPS) is 11.6. The third kappa shape index (κ3) is 17.8. The summed E-state index contributed by atoms with van der Waals surface area (Å²) < 4.78 is 15.6. The zero-order valence-corrected chi connectivity index (χ0v) is 25.2. The fourth-order valence-corrected chi connectivity index (χ4v) is 4.40. The minimum Gasteiger partial charge on any atom is -0.447 e. The van der Waals surface area contributed by atoms with Crippen molar-refractivity contribution in [2.45, 2.75) is 123 Å². The van der Waals surface area contributed by atoms with Gasteiger partial charge in [-0.05, 0) is 18.6 Å². The van der Waals surface area contributed by atoms with E-state index >= 15 is 0 Å². The van der Waals surface area contributed by atoms with Crippen LogP contribution in [0.5, 0.6) is 0 Å². The van der Waals surface area contributed by atoms with E-state index in [1.165, 1.54) is 116 Å². The summed E-state index contributed by atoms with van der Waals surface area (Å²) in [4.78, 5) is 41.1. The Morgan fingerprint density at radius 1 is 0.825 bits per heavy atom. The highest BCUT2D eigenvalue weighted by Gasteiger charge is 2.23. The zero-order valence-electron chi connectivity index (χ0n) is 25.2. The van der Waals surface area contributed by atoms with E-state index in [1.807, 2.05) is 0 Å². The maximum Gasteiger partial charge on any atom is 0.421 e. The molecule has 0 bridgehead atoms. The molecule has 228 valence electrons. The van der Waals surface area contributed by atoms with Gasteiger partial charge in [0.25, 0.3) is 0 Å². The van der Waals surface area contributed by atoms with Crippen LogP contribution in [0, 0.1) is 0 Å². The third-order valence-corrected chi connectivity index (χ3v) is 6.83. The quantitative estimate of drug-likeness (QED) is 0.137. The van der Waals surface area contributed by atoms with Crippen LogP contribution in [0.1, 0.15) is 117 Å². The van der Waals surface area contributed by atoms with Crippen molar-refractivity contribution in [2.24, 2.45) is 0 Å². The van der Waals surface area contributed by atoms with E-state index in [0.717, 1.165) is 17.7 Å². The molecule has 1 heterocycles. The summed E-state index contributed by atoms with van der Waals surface area (Å²) in [5, 5.41) is 2.75. The van der Waals surface area contributed by atoms with E-state index in [0.29, 0.717) is 12.2 Å². The monoisotopic (exact) mass is 563 g/mol. The number of hydrogen-bond donors (Lipinski definition) is 1. The van der Waals surface area contributed by atoms with Gasteiger partial charge in [0.15, 0.2) is 0 Å². The molecule has 9 heteroatoms. The van der Waals surface area contributed by atoms with E-state index in [4.69, 9.17) is 14.2 Å². The molecule has 0 spiro atoms. The minimum absolute atomic E-state index is 0.0818. The number of hydrogen-bond acceptors (Lipinski definition) is 7. The number of carbonyl (C=O) groups is 3. The molecular weight excluding hydrogens is 510 g/mol. The van der Waals surface area contributed by atoms with Gasteiger partial charge in [0.2, 0.25) is 5.91 Å². The fraction of sp³-hybridized carbons (Fsp3) is 0.742. The molecular formula is C31H53N3O6. The minimum atomic E-state index is -0.851. The van der Waals surface area contributed by atoms with Crippen molar-refractivity contribution in [3.05, 3.63) is 24.5 Å². The van der Waals surface area contributed by atoms with Crippen LogP contribution < -0.4 is 10.2 Å². The Balaban J connectivity index is 2.01. The van der Waals surface area contributed by atoms with E-state index in [-0.39, 0.29) is 13.2 Å². The van der Waals surface area contributed by atoms with E-state index < -0.39 is 24.2 Å². The zero-order chi connectivity index (χ0) is 29.3. The molecule has 1 aromatic heterocycles. The second-order valence-corrected chi connectivity index (χ2v) is 10.3. The molecule has 1 rings (SSSR count). The molecule has 0 aliphatic heterocycles. The number of anilines is 1. The van der Waals surface area contributed by atoms with Crippen molar-refractivity contribution in [1.82, 2.24) is 10.3 Å². The lowest BCUT2D eigenvalue weighted by atomic mass is 10.0. The van der Waals surface area contributed by atoms with Crippen molar-refractivity contribution >= 4 is 23.8 Å². The smallest absolute Gasteiger partial charge is 0.421 e. The number of amides is 3. The van der Waals surface area contributed by atoms with Crippen LogP contribution in [0.2, 0.25) is 0 Å². The molecule has 9 nitrogen and oxygen atoms in total. The molecule has 0 fully saturated rings. The number of pyridine rings is 1. The Labute approximate surface area is 241 Å². The SMILES string of the molecule is CCCCCCCCCCCCCCCCCCNC(=O)OCC(COC(=O)N(C(C)=O)c1cccnc1)OC. The molecule has 0 radical (unpaired) electrons. The second kappa shape index (κ2) is 24.1. The first-order valence-electron chi connectivity index (χ1n) is 15.3. The average Bonchev–Trinajstić information content (AvgIpc) is 2.95. The van der Waals surface area contributed by atoms with Gasteiger partial charge in [-0.25, -0.2) is 14.5 Å². The van der Waals surface area contributed by atoms with E-state index in [2.05, 4.69) is 17.2 Å². The van der Waals surface area contributed by atoms with Gasteiger partial charge in [-0.2, -0.15) is 0 Å². The summed E-state index contributed by atoms with van der Waals surface area (Å²) in [5.41, 5.74) is 0.304. The highest BCUT2D eigenvalue weighted by molar-refractivity contribution is 6.11. The third-order valence-electron chi connectivity index (χ3n) is 6.83. The highest BCUT2D eigenvalue weighted by atomic mass is 16.6. The Bertz CT molecular complexity index is 793. The number of ether oxygens (including phenoxy) is 3. The van der Waals surface area contributed by atoms with Crippen molar-refractivity contribution in [1.29, 1.82) is 0 Å². The summed E-state index contributed by atoms with van der Waals surface area (Å²) in [6, 6.07) is 3.19. The molecule has 3 amide bonds. The van der Waals surface area contributed by atoms with Crippen LogP contribution in [-0.2, 0) is 19.0 Å². The van der Waals surface area contributed by atoms with Gasteiger partial charge in [0.1, 0.15) is 19.3 Å². The maximum absolute atomic E-state index is 12.4. The summed E-state index contributed by atoms with van der Waals surface area (Å²) in [5.74, 6) is -0.503. The number of unbranched alkanes of at least 4 members (excludes halogenated alkanes) is 15. The first kappa shape index (κ1) is 35.3. The molecule has 0 aliphatic rings. The fourth-order valence-electron chi connectivity index (χ4n) is 4.40.